The van der Waals surface area contributed by atoms with Crippen molar-refractivity contribution in [3.8, 4) is 0 Å². The zero-order valence-electron chi connectivity index (χ0n) is 17.8. The molecule has 1 aliphatic rings. The highest BCUT2D eigenvalue weighted by Crippen LogP contribution is 2.31. The van der Waals surface area contributed by atoms with E-state index in [4.69, 9.17) is 16.3 Å². The third-order valence-corrected chi connectivity index (χ3v) is 5.80. The van der Waals surface area contributed by atoms with E-state index in [9.17, 15) is 14.4 Å². The van der Waals surface area contributed by atoms with E-state index in [0.717, 1.165) is 30.5 Å². The number of carbonyl (C=O) groups excluding carboxylic acids is 3. The summed E-state index contributed by atoms with van der Waals surface area (Å²) in [6, 6.07) is 12.0. The molecule has 0 spiro atoms. The van der Waals surface area contributed by atoms with Gasteiger partial charge in [-0.2, -0.15) is 0 Å². The van der Waals surface area contributed by atoms with E-state index in [1.807, 2.05) is 13.0 Å². The predicted molar refractivity (Wildman–Crippen MR) is 122 cm³/mol. The molecule has 164 valence electrons. The van der Waals surface area contributed by atoms with Crippen LogP contribution in [0.3, 0.4) is 0 Å². The van der Waals surface area contributed by atoms with Gasteiger partial charge in [0.15, 0.2) is 0 Å². The predicted octanol–water partition coefficient (Wildman–Crippen LogP) is 4.99. The van der Waals surface area contributed by atoms with Crippen LogP contribution >= 0.6 is 11.6 Å². The fourth-order valence-corrected chi connectivity index (χ4v) is 3.71. The summed E-state index contributed by atoms with van der Waals surface area (Å²) in [5, 5.41) is 3.42. The zero-order chi connectivity index (χ0) is 22.4. The monoisotopic (exact) mass is 442 g/mol. The molecule has 0 saturated carbocycles. The van der Waals surface area contributed by atoms with Crippen molar-refractivity contribution in [3.05, 3.63) is 58.6 Å². The lowest BCUT2D eigenvalue weighted by molar-refractivity contribution is -0.122. The maximum absolute atomic E-state index is 12.7. The summed E-state index contributed by atoms with van der Waals surface area (Å²) in [6.45, 7) is 4.65. The maximum Gasteiger partial charge on any atom is 0.338 e. The molecule has 0 radical (unpaired) electrons. The quantitative estimate of drug-likeness (QED) is 0.461. The standard InChI is InChI=1S/C24H27ClN2O4/c1-3-4-5-13-31-24(30)17-9-11-19(12-10-17)26-23(29)18-14-22(28)27(15-18)21-8-6-7-20(25)16(21)2/h6-12,18H,3-5,13-15H2,1-2H3,(H,26,29)/t18-/m0/s1. The number of halogens is 1. The minimum Gasteiger partial charge on any atom is -0.462 e. The molecule has 3 rings (SSSR count). The Kier molecular flexibility index (Phi) is 7.69. The number of hydrogen-bond acceptors (Lipinski definition) is 4. The highest BCUT2D eigenvalue weighted by atomic mass is 35.5. The topological polar surface area (TPSA) is 75.7 Å². The number of ether oxygens (including phenoxy) is 1. The van der Waals surface area contributed by atoms with Gasteiger partial charge in [-0.25, -0.2) is 4.79 Å². The van der Waals surface area contributed by atoms with Crippen LogP contribution in [0, 0.1) is 12.8 Å². The summed E-state index contributed by atoms with van der Waals surface area (Å²) >= 11 is 6.17. The van der Waals surface area contributed by atoms with Gasteiger partial charge in [-0.05, 0) is 55.3 Å². The number of hydrogen-bond donors (Lipinski definition) is 1. The van der Waals surface area contributed by atoms with Gasteiger partial charge >= 0.3 is 5.97 Å². The summed E-state index contributed by atoms with van der Waals surface area (Å²) in [5.74, 6) is -1.17. The molecule has 0 aliphatic carbocycles. The number of esters is 1. The molecule has 1 N–H and O–H groups in total. The van der Waals surface area contributed by atoms with Gasteiger partial charge in [-0.1, -0.05) is 37.4 Å². The summed E-state index contributed by atoms with van der Waals surface area (Å²) in [5.41, 5.74) is 2.55. The van der Waals surface area contributed by atoms with E-state index in [-0.39, 0.29) is 24.2 Å². The molecule has 0 aromatic heterocycles. The van der Waals surface area contributed by atoms with Crippen LogP contribution in [0.4, 0.5) is 11.4 Å². The smallest absolute Gasteiger partial charge is 0.338 e. The van der Waals surface area contributed by atoms with E-state index >= 15 is 0 Å². The van der Waals surface area contributed by atoms with Crippen LogP contribution in [0.15, 0.2) is 42.5 Å². The Balaban J connectivity index is 1.57. The lowest BCUT2D eigenvalue weighted by atomic mass is 10.1. The fourth-order valence-electron chi connectivity index (χ4n) is 3.54. The molecule has 2 amide bonds. The van der Waals surface area contributed by atoms with Gasteiger partial charge in [0.2, 0.25) is 11.8 Å². The number of unbranched alkanes of at least 4 members (excludes halogenated alkanes) is 2. The average Bonchev–Trinajstić information content (AvgIpc) is 3.15. The molecule has 31 heavy (non-hydrogen) atoms. The highest BCUT2D eigenvalue weighted by molar-refractivity contribution is 6.31. The summed E-state index contributed by atoms with van der Waals surface area (Å²) in [7, 11) is 0. The fraction of sp³-hybridized carbons (Fsp3) is 0.375. The van der Waals surface area contributed by atoms with Crippen molar-refractivity contribution in [1.29, 1.82) is 0 Å². The Morgan fingerprint density at radius 2 is 1.90 bits per heavy atom. The van der Waals surface area contributed by atoms with E-state index in [1.165, 1.54) is 0 Å². The second kappa shape index (κ2) is 10.4. The van der Waals surface area contributed by atoms with Crippen molar-refractivity contribution in [1.82, 2.24) is 0 Å². The van der Waals surface area contributed by atoms with Gasteiger partial charge in [0.05, 0.1) is 18.1 Å². The number of amides is 2. The number of carbonyl (C=O) groups is 3. The second-order valence-electron chi connectivity index (χ2n) is 7.70. The molecule has 2 aromatic rings. The van der Waals surface area contributed by atoms with E-state index in [2.05, 4.69) is 12.2 Å². The Hall–Kier alpha value is -2.86. The van der Waals surface area contributed by atoms with Gasteiger partial charge in [0.1, 0.15) is 0 Å². The normalized spacial score (nSPS) is 15.8. The van der Waals surface area contributed by atoms with Crippen molar-refractivity contribution in [2.24, 2.45) is 5.92 Å². The molecule has 0 bridgehead atoms. The molecule has 1 aliphatic heterocycles. The molecule has 1 heterocycles. The third kappa shape index (κ3) is 5.64. The third-order valence-electron chi connectivity index (χ3n) is 5.39. The maximum atomic E-state index is 12.7. The van der Waals surface area contributed by atoms with Gasteiger partial charge < -0.3 is 15.0 Å². The minimum atomic E-state index is -0.464. The van der Waals surface area contributed by atoms with Crippen LogP contribution in [0.1, 0.15) is 48.5 Å². The van der Waals surface area contributed by atoms with Crippen molar-refractivity contribution in [3.63, 3.8) is 0 Å². The van der Waals surface area contributed by atoms with E-state index in [0.29, 0.717) is 29.4 Å². The van der Waals surface area contributed by atoms with Crippen molar-refractivity contribution in [2.45, 2.75) is 39.5 Å². The van der Waals surface area contributed by atoms with Crippen LogP contribution in [0.2, 0.25) is 5.02 Å². The number of anilines is 2. The first kappa shape index (κ1) is 22.8. The summed E-state index contributed by atoms with van der Waals surface area (Å²) < 4.78 is 5.24. The molecule has 1 fully saturated rings. The van der Waals surface area contributed by atoms with Crippen LogP contribution in [0.5, 0.6) is 0 Å². The van der Waals surface area contributed by atoms with E-state index in [1.54, 1.807) is 41.3 Å². The first-order chi connectivity index (χ1) is 14.9. The van der Waals surface area contributed by atoms with Gasteiger partial charge in [-0.3, -0.25) is 9.59 Å². The van der Waals surface area contributed by atoms with Crippen LogP contribution in [-0.4, -0.2) is 30.9 Å². The van der Waals surface area contributed by atoms with Crippen LogP contribution in [-0.2, 0) is 14.3 Å². The van der Waals surface area contributed by atoms with Crippen LogP contribution in [0.25, 0.3) is 0 Å². The molecule has 7 heteroatoms. The lowest BCUT2D eigenvalue weighted by Gasteiger charge is -2.19. The number of benzene rings is 2. The first-order valence-corrected chi connectivity index (χ1v) is 10.9. The van der Waals surface area contributed by atoms with Crippen molar-refractivity contribution >= 4 is 40.8 Å². The summed E-state index contributed by atoms with van der Waals surface area (Å²) in [6.07, 6.45) is 3.08. The second-order valence-corrected chi connectivity index (χ2v) is 8.11. The minimum absolute atomic E-state index is 0.105. The van der Waals surface area contributed by atoms with Gasteiger partial charge in [0.25, 0.3) is 0 Å². The van der Waals surface area contributed by atoms with E-state index < -0.39 is 5.92 Å². The van der Waals surface area contributed by atoms with Crippen LogP contribution < -0.4 is 10.2 Å². The Bertz CT molecular complexity index is 959. The largest absolute Gasteiger partial charge is 0.462 e. The molecular formula is C24H27ClN2O4. The molecular weight excluding hydrogens is 416 g/mol. The average molecular weight is 443 g/mol. The Labute approximate surface area is 187 Å². The van der Waals surface area contributed by atoms with Gasteiger partial charge in [0, 0.05) is 29.4 Å². The number of nitrogens with one attached hydrogen (secondary N) is 1. The number of nitrogens with zero attached hydrogens (tertiary/aromatic N) is 1. The highest BCUT2D eigenvalue weighted by Gasteiger charge is 2.35. The molecule has 0 unspecified atom stereocenters. The molecule has 1 atom stereocenters. The number of rotatable bonds is 8. The molecule has 2 aromatic carbocycles. The van der Waals surface area contributed by atoms with Crippen molar-refractivity contribution in [2.75, 3.05) is 23.4 Å². The Morgan fingerprint density at radius 1 is 1.16 bits per heavy atom. The zero-order valence-corrected chi connectivity index (χ0v) is 18.6. The first-order valence-electron chi connectivity index (χ1n) is 10.5. The SMILES string of the molecule is CCCCCOC(=O)c1ccc(NC(=O)[C@H]2CC(=O)N(c3cccc(Cl)c3C)C2)cc1. The summed E-state index contributed by atoms with van der Waals surface area (Å²) in [4.78, 5) is 38.9. The Morgan fingerprint density at radius 3 is 2.61 bits per heavy atom. The molecule has 1 saturated heterocycles. The lowest BCUT2D eigenvalue weighted by Crippen LogP contribution is -2.28. The van der Waals surface area contributed by atoms with Crippen molar-refractivity contribution < 1.29 is 19.1 Å². The molecule has 6 nitrogen and oxygen atoms in total. The van der Waals surface area contributed by atoms with Gasteiger partial charge in [-0.15, -0.1) is 0 Å².